The number of carbonyl (C=O) groups is 2. The van der Waals surface area contributed by atoms with Gasteiger partial charge in [-0.3, -0.25) is 9.59 Å². The summed E-state index contributed by atoms with van der Waals surface area (Å²) >= 11 is 0. The van der Waals surface area contributed by atoms with E-state index < -0.39 is 16.1 Å². The molecule has 2 amide bonds. The zero-order valence-electron chi connectivity index (χ0n) is 18.4. The Hall–Kier alpha value is -3.33. The highest BCUT2D eigenvalue weighted by Crippen LogP contribution is 2.34. The highest BCUT2D eigenvalue weighted by atomic mass is 32.2. The minimum Gasteiger partial charge on any atom is -0.487 e. The number of ether oxygens (including phenoxy) is 1. The van der Waals surface area contributed by atoms with Gasteiger partial charge in [0.1, 0.15) is 18.9 Å². The van der Waals surface area contributed by atoms with Gasteiger partial charge in [-0.25, -0.2) is 9.03 Å². The molecule has 4 rings (SSSR count). The second-order valence-corrected chi connectivity index (χ2v) is 9.77. The molecule has 8 nitrogen and oxygen atoms in total. The molecular weight excluding hydrogens is 442 g/mol. The van der Waals surface area contributed by atoms with Crippen molar-refractivity contribution in [1.82, 2.24) is 9.62 Å². The van der Waals surface area contributed by atoms with Gasteiger partial charge in [-0.15, -0.1) is 0 Å². The fourth-order valence-corrected chi connectivity index (χ4v) is 5.28. The summed E-state index contributed by atoms with van der Waals surface area (Å²) in [6.45, 7) is 2.29. The third-order valence-corrected chi connectivity index (χ3v) is 7.17. The monoisotopic (exact) mass is 469 g/mol. The van der Waals surface area contributed by atoms with Crippen molar-refractivity contribution >= 4 is 33.8 Å². The zero-order chi connectivity index (χ0) is 23.4. The average molecular weight is 470 g/mol. The molecule has 0 bridgehead atoms. The van der Waals surface area contributed by atoms with Crippen molar-refractivity contribution in [2.75, 3.05) is 17.4 Å². The molecule has 0 aliphatic carbocycles. The molecule has 174 valence electrons. The van der Waals surface area contributed by atoms with Gasteiger partial charge in [0.05, 0.1) is 11.7 Å². The molecule has 2 aromatic rings. The maximum Gasteiger partial charge on any atom is 0.326 e. The summed E-state index contributed by atoms with van der Waals surface area (Å²) < 4.78 is 33.8. The van der Waals surface area contributed by atoms with Crippen molar-refractivity contribution < 1.29 is 22.7 Å². The molecule has 0 radical (unpaired) electrons. The van der Waals surface area contributed by atoms with Crippen molar-refractivity contribution in [3.8, 4) is 5.75 Å². The van der Waals surface area contributed by atoms with E-state index in [-0.39, 0.29) is 25.1 Å². The summed E-state index contributed by atoms with van der Waals surface area (Å²) in [5.74, 6) is -0.175. The first-order valence-corrected chi connectivity index (χ1v) is 12.4. The van der Waals surface area contributed by atoms with E-state index in [1.54, 1.807) is 25.1 Å². The molecule has 2 aliphatic rings. The Morgan fingerprint density at radius 1 is 1.18 bits per heavy atom. The van der Waals surface area contributed by atoms with Crippen LogP contribution in [0.2, 0.25) is 0 Å². The SMILES string of the molecule is CC(=O)N1CCCCC1/C=C/c1ccc(N2CC(=O)NS2(=O)=O)c(OCc2ccccc2)c1. The minimum absolute atomic E-state index is 0.0328. The molecule has 2 aliphatic heterocycles. The van der Waals surface area contributed by atoms with Crippen molar-refractivity contribution in [2.45, 2.75) is 38.8 Å². The fraction of sp³-hybridized carbons (Fsp3) is 0.333. The van der Waals surface area contributed by atoms with E-state index >= 15 is 0 Å². The third kappa shape index (κ3) is 5.36. The Morgan fingerprint density at radius 2 is 1.97 bits per heavy atom. The first kappa shape index (κ1) is 22.8. The van der Waals surface area contributed by atoms with Gasteiger partial charge < -0.3 is 9.64 Å². The van der Waals surface area contributed by atoms with Crippen LogP contribution in [0.15, 0.2) is 54.6 Å². The van der Waals surface area contributed by atoms with Crippen LogP contribution >= 0.6 is 0 Å². The molecule has 2 fully saturated rings. The van der Waals surface area contributed by atoms with Crippen LogP contribution in [0, 0.1) is 0 Å². The average Bonchev–Trinajstić information content (AvgIpc) is 3.08. The van der Waals surface area contributed by atoms with E-state index in [2.05, 4.69) is 0 Å². The summed E-state index contributed by atoms with van der Waals surface area (Å²) in [5.41, 5.74) is 2.04. The van der Waals surface area contributed by atoms with Gasteiger partial charge in [0.2, 0.25) is 5.91 Å². The number of nitrogens with one attached hydrogen (secondary N) is 1. The molecule has 0 aromatic heterocycles. The van der Waals surface area contributed by atoms with E-state index in [0.717, 1.165) is 41.2 Å². The third-order valence-electron chi connectivity index (χ3n) is 5.77. The number of benzene rings is 2. The number of amides is 2. The van der Waals surface area contributed by atoms with Crippen LogP contribution < -0.4 is 13.8 Å². The molecule has 1 N–H and O–H groups in total. The van der Waals surface area contributed by atoms with E-state index in [1.165, 1.54) is 0 Å². The van der Waals surface area contributed by atoms with Gasteiger partial charge in [-0.1, -0.05) is 48.6 Å². The summed E-state index contributed by atoms with van der Waals surface area (Å²) in [6, 6.07) is 14.8. The van der Waals surface area contributed by atoms with Gasteiger partial charge in [-0.05, 0) is 42.5 Å². The van der Waals surface area contributed by atoms with Crippen LogP contribution in [0.1, 0.15) is 37.3 Å². The number of hydrogen-bond donors (Lipinski definition) is 1. The Bertz CT molecular complexity index is 1160. The van der Waals surface area contributed by atoms with Crippen molar-refractivity contribution in [3.05, 3.63) is 65.7 Å². The van der Waals surface area contributed by atoms with Crippen LogP contribution in [0.3, 0.4) is 0 Å². The van der Waals surface area contributed by atoms with Crippen LogP contribution in [0.4, 0.5) is 5.69 Å². The van der Waals surface area contributed by atoms with Crippen LogP contribution in [0.5, 0.6) is 5.75 Å². The summed E-state index contributed by atoms with van der Waals surface area (Å²) in [7, 11) is -3.96. The van der Waals surface area contributed by atoms with E-state index in [1.807, 2.05) is 52.1 Å². The predicted octanol–water partition coefficient (Wildman–Crippen LogP) is 2.86. The number of rotatable bonds is 6. The number of hydrogen-bond acceptors (Lipinski definition) is 5. The fourth-order valence-electron chi connectivity index (χ4n) is 4.12. The Balaban J connectivity index is 1.62. The molecule has 9 heteroatoms. The minimum atomic E-state index is -3.96. The lowest BCUT2D eigenvalue weighted by atomic mass is 10.0. The number of piperidine rings is 1. The highest BCUT2D eigenvalue weighted by Gasteiger charge is 2.35. The quantitative estimate of drug-likeness (QED) is 0.702. The van der Waals surface area contributed by atoms with Crippen LogP contribution in [-0.2, 0) is 26.4 Å². The zero-order valence-corrected chi connectivity index (χ0v) is 19.3. The normalized spacial score (nSPS) is 20.2. The topological polar surface area (TPSA) is 96.0 Å². The molecule has 2 aromatic carbocycles. The lowest BCUT2D eigenvalue weighted by Gasteiger charge is -2.33. The second kappa shape index (κ2) is 9.66. The van der Waals surface area contributed by atoms with Crippen molar-refractivity contribution in [2.24, 2.45) is 0 Å². The number of nitrogens with zero attached hydrogens (tertiary/aromatic N) is 2. The molecule has 0 spiro atoms. The Morgan fingerprint density at radius 3 is 2.67 bits per heavy atom. The largest absolute Gasteiger partial charge is 0.487 e. The lowest BCUT2D eigenvalue weighted by Crippen LogP contribution is -2.41. The summed E-state index contributed by atoms with van der Waals surface area (Å²) in [6.07, 6.45) is 6.91. The smallest absolute Gasteiger partial charge is 0.326 e. The van der Waals surface area contributed by atoms with Crippen molar-refractivity contribution in [3.63, 3.8) is 0 Å². The van der Waals surface area contributed by atoms with Gasteiger partial charge in [0, 0.05) is 13.5 Å². The number of anilines is 1. The molecule has 33 heavy (non-hydrogen) atoms. The van der Waals surface area contributed by atoms with Gasteiger partial charge in [-0.2, -0.15) is 8.42 Å². The summed E-state index contributed by atoms with van der Waals surface area (Å²) in [5, 5.41) is 0. The molecule has 1 atom stereocenters. The Kier molecular flexibility index (Phi) is 6.69. The molecule has 1 unspecified atom stereocenters. The molecule has 2 saturated heterocycles. The predicted molar refractivity (Wildman–Crippen MR) is 126 cm³/mol. The van der Waals surface area contributed by atoms with Crippen molar-refractivity contribution in [1.29, 1.82) is 0 Å². The molecular formula is C24H27N3O5S. The first-order valence-electron chi connectivity index (χ1n) is 10.9. The molecule has 2 heterocycles. The Labute approximate surface area is 194 Å². The number of carbonyl (C=O) groups excluding carboxylic acids is 2. The van der Waals surface area contributed by atoms with E-state index in [9.17, 15) is 18.0 Å². The lowest BCUT2D eigenvalue weighted by molar-refractivity contribution is -0.131. The van der Waals surface area contributed by atoms with E-state index in [4.69, 9.17) is 4.74 Å². The molecule has 0 saturated carbocycles. The van der Waals surface area contributed by atoms with E-state index in [0.29, 0.717) is 11.4 Å². The van der Waals surface area contributed by atoms with Gasteiger partial charge in [0.15, 0.2) is 0 Å². The second-order valence-electron chi connectivity index (χ2n) is 8.17. The number of likely N-dealkylation sites (tertiary alicyclic amines) is 1. The maximum atomic E-state index is 12.4. The van der Waals surface area contributed by atoms with Crippen LogP contribution in [-0.4, -0.2) is 44.3 Å². The van der Waals surface area contributed by atoms with Gasteiger partial charge in [0.25, 0.3) is 5.91 Å². The highest BCUT2D eigenvalue weighted by molar-refractivity contribution is 7.92. The first-order chi connectivity index (χ1) is 15.8. The van der Waals surface area contributed by atoms with Crippen LogP contribution in [0.25, 0.3) is 6.08 Å². The maximum absolute atomic E-state index is 12.4. The standard InChI is InChI=1S/C24H27N3O5S/c1-18(28)26-14-6-5-9-21(26)12-10-19-11-13-22(27-16-24(29)25-33(27,30)31)23(15-19)32-17-20-7-3-2-4-8-20/h2-4,7-8,10-13,15,21H,5-6,9,14,16-17H2,1H3,(H,25,29)/b12-10+. The van der Waals surface area contributed by atoms with Gasteiger partial charge >= 0.3 is 10.2 Å². The summed E-state index contributed by atoms with van der Waals surface area (Å²) in [4.78, 5) is 25.6.